The highest BCUT2D eigenvalue weighted by molar-refractivity contribution is 7.83. The van der Waals surface area contributed by atoms with Crippen LogP contribution in [0.1, 0.15) is 13.8 Å². The average molecular weight is 363 g/mol. The lowest BCUT2D eigenvalue weighted by Gasteiger charge is -2.61. The molecule has 1 N–H and O–H groups in total. The highest BCUT2D eigenvalue weighted by Gasteiger charge is 2.65. The van der Waals surface area contributed by atoms with E-state index in [1.54, 1.807) is 0 Å². The number of carbonyl (C=O) groups is 1. The Bertz CT molecular complexity index is 416. The van der Waals surface area contributed by atoms with Crippen molar-refractivity contribution in [1.29, 1.82) is 0 Å². The summed E-state index contributed by atoms with van der Waals surface area (Å²) in [5.74, 6) is -0.935. The molecule has 0 radical (unpaired) electrons. The number of hydrogen-bond acceptors (Lipinski definition) is 2. The molecule has 0 aromatic heterocycles. The van der Waals surface area contributed by atoms with Crippen LogP contribution in [-0.4, -0.2) is 46.4 Å². The Morgan fingerprint density at radius 2 is 1.33 bits per heavy atom. The lowest BCUT2D eigenvalue weighted by molar-refractivity contribution is -0.132. The van der Waals surface area contributed by atoms with E-state index in [2.05, 4.69) is 65.9 Å². The van der Waals surface area contributed by atoms with Crippen molar-refractivity contribution in [3.8, 4) is 0 Å². The summed E-state index contributed by atoms with van der Waals surface area (Å²) in [6, 6.07) is 0. The molecule has 0 spiro atoms. The number of rotatable bonds is 1. The van der Waals surface area contributed by atoms with E-state index in [1.807, 2.05) is 0 Å². The van der Waals surface area contributed by atoms with E-state index in [-0.39, 0.29) is 5.57 Å². The van der Waals surface area contributed by atoms with Gasteiger partial charge in [-0.25, -0.2) is 4.79 Å². The summed E-state index contributed by atoms with van der Waals surface area (Å²) in [6.45, 7) is 27.7. The molecule has 1 heterocycles. The van der Waals surface area contributed by atoms with Gasteiger partial charge in [0.2, 0.25) is 0 Å². The van der Waals surface area contributed by atoms with Crippen molar-refractivity contribution < 1.29 is 14.3 Å². The fourth-order valence-corrected chi connectivity index (χ4v) is 72.1. The van der Waals surface area contributed by atoms with Gasteiger partial charge in [0.05, 0.1) is 14.7 Å². The molecule has 1 atom stereocenters. The lowest BCUT2D eigenvalue weighted by atomic mass is 10.4. The SMILES string of the molecule is C=C(C)C(=O)O.CC1O[Si](C)(C)[Si](C)(C)[Si](C)(C)[Si]1(C)C. The van der Waals surface area contributed by atoms with Crippen LogP contribution in [0.15, 0.2) is 12.2 Å². The molecule has 1 fully saturated rings. The van der Waals surface area contributed by atoms with E-state index in [0.717, 1.165) is 0 Å². The zero-order valence-corrected chi connectivity index (χ0v) is 19.5. The standard InChI is InChI=1S/C10H28OSi4.C4H6O2/c1-10-11-13(4,5)15(8,9)14(6,7)12(10,2)3;1-3(2)4(5)6/h10H,1-9H3;1H2,2H3,(H,5,6). The van der Waals surface area contributed by atoms with Crippen LogP contribution in [0.3, 0.4) is 0 Å². The summed E-state index contributed by atoms with van der Waals surface area (Å²) >= 11 is 0. The Hall–Kier alpha value is 0.0375. The first-order valence-electron chi connectivity index (χ1n) is 7.59. The summed E-state index contributed by atoms with van der Waals surface area (Å²) in [7, 11) is -4.64. The van der Waals surface area contributed by atoms with Gasteiger partial charge in [-0.1, -0.05) is 45.9 Å². The molecule has 0 bridgehead atoms. The van der Waals surface area contributed by atoms with Gasteiger partial charge in [-0.3, -0.25) is 0 Å². The normalized spacial score (nSPS) is 28.0. The Morgan fingerprint density at radius 3 is 1.62 bits per heavy atom. The molecule has 1 aliphatic rings. The minimum Gasteiger partial charge on any atom is -0.478 e. The molecule has 0 amide bonds. The predicted octanol–water partition coefficient (Wildman–Crippen LogP) is 4.16. The van der Waals surface area contributed by atoms with Gasteiger partial charge in [-0.05, 0) is 26.9 Å². The van der Waals surface area contributed by atoms with Gasteiger partial charge in [-0.2, -0.15) is 0 Å². The van der Waals surface area contributed by atoms with Gasteiger partial charge in [0.1, 0.15) is 0 Å². The Labute approximate surface area is 134 Å². The van der Waals surface area contributed by atoms with Gasteiger partial charge >= 0.3 is 5.97 Å². The van der Waals surface area contributed by atoms with Crippen molar-refractivity contribution in [3.63, 3.8) is 0 Å². The molecule has 124 valence electrons. The van der Waals surface area contributed by atoms with Crippen LogP contribution in [0.4, 0.5) is 0 Å². The molecular weight excluding hydrogens is 328 g/mol. The molecule has 0 aliphatic carbocycles. The third kappa shape index (κ3) is 3.69. The van der Waals surface area contributed by atoms with Crippen molar-refractivity contribution >= 4 is 35.6 Å². The minimum atomic E-state index is -1.37. The van der Waals surface area contributed by atoms with E-state index in [0.29, 0.717) is 5.73 Å². The first kappa shape index (κ1) is 21.0. The molecule has 0 aromatic rings. The maximum atomic E-state index is 9.60. The average Bonchev–Trinajstić information content (AvgIpc) is 2.26. The topological polar surface area (TPSA) is 46.5 Å². The highest BCUT2D eigenvalue weighted by atomic mass is 29.8. The van der Waals surface area contributed by atoms with E-state index >= 15 is 0 Å². The molecule has 7 heteroatoms. The third-order valence-corrected chi connectivity index (χ3v) is 73.6. The van der Waals surface area contributed by atoms with Crippen LogP contribution in [0.25, 0.3) is 0 Å². The van der Waals surface area contributed by atoms with Crippen molar-refractivity contribution in [2.75, 3.05) is 0 Å². The van der Waals surface area contributed by atoms with E-state index in [1.165, 1.54) is 6.92 Å². The fourth-order valence-electron chi connectivity index (χ4n) is 2.80. The van der Waals surface area contributed by atoms with Crippen LogP contribution in [-0.2, 0) is 9.22 Å². The van der Waals surface area contributed by atoms with Crippen LogP contribution >= 0.6 is 0 Å². The second-order valence-corrected chi connectivity index (χ2v) is 47.8. The molecule has 0 saturated carbocycles. The van der Waals surface area contributed by atoms with Crippen LogP contribution in [0.2, 0.25) is 52.4 Å². The van der Waals surface area contributed by atoms with E-state index < -0.39 is 35.6 Å². The Balaban J connectivity index is 0.000000567. The Kier molecular flexibility index (Phi) is 6.28. The van der Waals surface area contributed by atoms with Gasteiger partial charge in [-0.15, -0.1) is 0 Å². The van der Waals surface area contributed by atoms with Crippen LogP contribution < -0.4 is 0 Å². The first-order valence-corrected chi connectivity index (χ1v) is 22.6. The molecule has 1 saturated heterocycles. The highest BCUT2D eigenvalue weighted by Crippen LogP contribution is 2.42. The molecule has 21 heavy (non-hydrogen) atoms. The molecule has 1 unspecified atom stereocenters. The third-order valence-electron chi connectivity index (χ3n) is 6.53. The van der Waals surface area contributed by atoms with Crippen molar-refractivity contribution in [1.82, 2.24) is 0 Å². The first-order chi connectivity index (χ1) is 9.02. The zero-order chi connectivity index (χ0) is 17.4. The molecule has 0 aromatic carbocycles. The predicted molar refractivity (Wildman–Crippen MR) is 103 cm³/mol. The summed E-state index contributed by atoms with van der Waals surface area (Å²) in [5, 5.41) is 7.89. The molecule has 1 rings (SSSR count). The second-order valence-electron chi connectivity index (χ2n) is 8.33. The fraction of sp³-hybridized carbons (Fsp3) is 0.786. The number of carboxylic acids is 1. The van der Waals surface area contributed by atoms with E-state index in [9.17, 15) is 4.79 Å². The van der Waals surface area contributed by atoms with Crippen molar-refractivity contribution in [2.45, 2.75) is 72.0 Å². The smallest absolute Gasteiger partial charge is 0.330 e. The molecule has 3 nitrogen and oxygen atoms in total. The summed E-state index contributed by atoms with van der Waals surface area (Å²) in [4.78, 5) is 9.60. The largest absolute Gasteiger partial charge is 0.478 e. The van der Waals surface area contributed by atoms with Crippen LogP contribution in [0, 0.1) is 0 Å². The maximum absolute atomic E-state index is 9.60. The van der Waals surface area contributed by atoms with Gasteiger partial charge in [0, 0.05) is 18.4 Å². The Morgan fingerprint density at radius 1 is 1.00 bits per heavy atom. The minimum absolute atomic E-state index is 0.176. The second kappa shape index (κ2) is 6.27. The molecule has 1 aliphatic heterocycles. The van der Waals surface area contributed by atoms with E-state index in [4.69, 9.17) is 9.53 Å². The number of carboxylic acid groups (broad SMARTS) is 1. The van der Waals surface area contributed by atoms with Gasteiger partial charge in [0.15, 0.2) is 7.83 Å². The van der Waals surface area contributed by atoms with Gasteiger partial charge < -0.3 is 9.53 Å². The van der Waals surface area contributed by atoms with Crippen molar-refractivity contribution in [2.24, 2.45) is 0 Å². The molecular formula is C14H34O3Si4. The zero-order valence-electron chi connectivity index (χ0n) is 15.5. The lowest BCUT2D eigenvalue weighted by Crippen LogP contribution is -2.87. The maximum Gasteiger partial charge on any atom is 0.330 e. The summed E-state index contributed by atoms with van der Waals surface area (Å²) in [5.41, 5.74) is 0.774. The monoisotopic (exact) mass is 362 g/mol. The summed E-state index contributed by atoms with van der Waals surface area (Å²) in [6.07, 6.45) is 0. The summed E-state index contributed by atoms with van der Waals surface area (Å²) < 4.78 is 6.54. The van der Waals surface area contributed by atoms with Crippen molar-refractivity contribution in [3.05, 3.63) is 12.2 Å². The number of aliphatic carboxylic acids is 1. The van der Waals surface area contributed by atoms with Crippen LogP contribution in [0.5, 0.6) is 0 Å². The quantitative estimate of drug-likeness (QED) is 0.563. The van der Waals surface area contributed by atoms with Gasteiger partial charge in [0.25, 0.3) is 0 Å². The number of hydrogen-bond donors (Lipinski definition) is 1.